The lowest BCUT2D eigenvalue weighted by atomic mass is 10.0. The molecule has 0 aliphatic heterocycles. The van der Waals surface area contributed by atoms with Crippen LogP contribution in [0.15, 0.2) is 59.5 Å². The molecule has 1 aliphatic carbocycles. The molecule has 0 bridgehead atoms. The maximum absolute atomic E-state index is 13.2. The van der Waals surface area contributed by atoms with Gasteiger partial charge in [-0.25, -0.2) is 12.8 Å². The van der Waals surface area contributed by atoms with Gasteiger partial charge in [-0.05, 0) is 49.1 Å². The first kappa shape index (κ1) is 21.5. The lowest BCUT2D eigenvalue weighted by Gasteiger charge is -2.23. The van der Waals surface area contributed by atoms with Crippen molar-refractivity contribution in [3.8, 4) is 0 Å². The van der Waals surface area contributed by atoms with Crippen LogP contribution in [0.1, 0.15) is 44.1 Å². The second-order valence-electron chi connectivity index (χ2n) is 7.51. The van der Waals surface area contributed by atoms with Crippen LogP contribution in [0.2, 0.25) is 0 Å². The van der Waals surface area contributed by atoms with Crippen LogP contribution < -0.4 is 10.0 Å². The van der Waals surface area contributed by atoms with Gasteiger partial charge in [-0.15, -0.1) is 0 Å². The Balaban J connectivity index is 1.78. The number of benzene rings is 2. The maximum atomic E-state index is 13.2. The number of carbonyl (C=O) groups excluding carboxylic acids is 1. The topological polar surface area (TPSA) is 75.3 Å². The zero-order valence-electron chi connectivity index (χ0n) is 16.3. The fourth-order valence-electron chi connectivity index (χ4n) is 3.63. The van der Waals surface area contributed by atoms with Crippen LogP contribution in [0.5, 0.6) is 0 Å². The fourth-order valence-corrected chi connectivity index (χ4v) is 4.83. The first-order valence-corrected chi connectivity index (χ1v) is 11.5. The number of sulfonamides is 1. The molecule has 0 spiro atoms. The summed E-state index contributed by atoms with van der Waals surface area (Å²) in [6, 6.07) is 13.0. The van der Waals surface area contributed by atoms with Gasteiger partial charge in [0.15, 0.2) is 0 Å². The molecule has 3 rings (SSSR count). The molecule has 1 fully saturated rings. The molecule has 0 heterocycles. The van der Waals surface area contributed by atoms with E-state index in [-0.39, 0.29) is 23.3 Å². The molecular formula is C22H27FN2O3S. The number of hydrogen-bond acceptors (Lipinski definition) is 3. The van der Waals surface area contributed by atoms with Gasteiger partial charge in [0.2, 0.25) is 15.9 Å². The Morgan fingerprint density at radius 3 is 2.21 bits per heavy atom. The second-order valence-corrected chi connectivity index (χ2v) is 9.23. The Labute approximate surface area is 171 Å². The van der Waals surface area contributed by atoms with E-state index >= 15 is 0 Å². The monoisotopic (exact) mass is 418 g/mol. The van der Waals surface area contributed by atoms with Gasteiger partial charge in [-0.3, -0.25) is 4.79 Å². The van der Waals surface area contributed by atoms with Crippen molar-refractivity contribution in [2.45, 2.75) is 61.9 Å². The van der Waals surface area contributed by atoms with E-state index < -0.39 is 21.9 Å². The molecule has 29 heavy (non-hydrogen) atoms. The highest BCUT2D eigenvalue weighted by Crippen LogP contribution is 2.18. The van der Waals surface area contributed by atoms with E-state index in [1.54, 1.807) is 0 Å². The third kappa shape index (κ3) is 6.37. The minimum atomic E-state index is -3.97. The zero-order valence-corrected chi connectivity index (χ0v) is 17.1. The van der Waals surface area contributed by atoms with Crippen molar-refractivity contribution in [2.75, 3.05) is 0 Å². The summed E-state index contributed by atoms with van der Waals surface area (Å²) in [5.41, 5.74) is 0.857. The van der Waals surface area contributed by atoms with Crippen LogP contribution in [0.3, 0.4) is 0 Å². The van der Waals surface area contributed by atoms with Gasteiger partial charge in [-0.2, -0.15) is 4.72 Å². The normalized spacial score (nSPS) is 16.7. The minimum absolute atomic E-state index is 0.0681. The van der Waals surface area contributed by atoms with Gasteiger partial charge in [0.25, 0.3) is 0 Å². The lowest BCUT2D eigenvalue weighted by Crippen LogP contribution is -2.50. The summed E-state index contributed by atoms with van der Waals surface area (Å²) in [4.78, 5) is 12.9. The molecule has 0 saturated heterocycles. The molecule has 0 radical (unpaired) electrons. The summed E-state index contributed by atoms with van der Waals surface area (Å²) in [7, 11) is -3.97. The maximum Gasteiger partial charge on any atom is 0.241 e. The molecule has 156 valence electrons. The van der Waals surface area contributed by atoms with Gasteiger partial charge in [0.05, 0.1) is 4.90 Å². The average Bonchev–Trinajstić information content (AvgIpc) is 2.97. The summed E-state index contributed by atoms with van der Waals surface area (Å²) in [6.45, 7) is 0. The fraction of sp³-hybridized carbons (Fsp3) is 0.409. The molecule has 1 aliphatic rings. The number of carbonyl (C=O) groups is 1. The number of nitrogens with one attached hydrogen (secondary N) is 2. The molecule has 1 saturated carbocycles. The summed E-state index contributed by atoms with van der Waals surface area (Å²) < 4.78 is 41.3. The third-order valence-corrected chi connectivity index (χ3v) is 6.71. The van der Waals surface area contributed by atoms with Crippen LogP contribution in [-0.2, 0) is 21.2 Å². The van der Waals surface area contributed by atoms with Crippen molar-refractivity contribution in [3.05, 3.63) is 66.0 Å². The molecule has 2 N–H and O–H groups in total. The van der Waals surface area contributed by atoms with E-state index in [1.165, 1.54) is 12.1 Å². The Morgan fingerprint density at radius 2 is 1.59 bits per heavy atom. The van der Waals surface area contributed by atoms with Crippen molar-refractivity contribution >= 4 is 15.9 Å². The molecular weight excluding hydrogens is 391 g/mol. The predicted molar refractivity (Wildman–Crippen MR) is 110 cm³/mol. The van der Waals surface area contributed by atoms with Crippen LogP contribution in [-0.4, -0.2) is 26.4 Å². The quantitative estimate of drug-likeness (QED) is 0.675. The standard InChI is InChI=1S/C22H27FN2O3S/c23-18-12-14-20(15-13-18)29(27,28)25-21(16-17-8-4-3-5-9-17)22(26)24-19-10-6-1-2-7-11-19/h3-5,8-9,12-15,19,21,25H,1-2,6-7,10-11,16H2,(H,24,26). The zero-order chi connectivity index (χ0) is 20.7. The lowest BCUT2D eigenvalue weighted by molar-refractivity contribution is -0.123. The molecule has 2 aromatic rings. The highest BCUT2D eigenvalue weighted by molar-refractivity contribution is 7.89. The predicted octanol–water partition coefficient (Wildman–Crippen LogP) is 3.55. The molecule has 2 aromatic carbocycles. The molecule has 7 heteroatoms. The summed E-state index contributed by atoms with van der Waals surface area (Å²) in [5, 5.41) is 3.04. The van der Waals surface area contributed by atoms with Crippen molar-refractivity contribution in [1.29, 1.82) is 0 Å². The van der Waals surface area contributed by atoms with Crippen LogP contribution in [0.4, 0.5) is 4.39 Å². The summed E-state index contributed by atoms with van der Waals surface area (Å²) >= 11 is 0. The van der Waals surface area contributed by atoms with Crippen molar-refractivity contribution in [3.63, 3.8) is 0 Å². The number of hydrogen-bond donors (Lipinski definition) is 2. The van der Waals surface area contributed by atoms with Crippen molar-refractivity contribution < 1.29 is 17.6 Å². The van der Waals surface area contributed by atoms with Gasteiger partial charge < -0.3 is 5.32 Å². The van der Waals surface area contributed by atoms with Crippen LogP contribution in [0, 0.1) is 5.82 Å². The van der Waals surface area contributed by atoms with Gasteiger partial charge in [-0.1, -0.05) is 56.0 Å². The highest BCUT2D eigenvalue weighted by atomic mass is 32.2. The van der Waals surface area contributed by atoms with Gasteiger partial charge >= 0.3 is 0 Å². The number of amides is 1. The smallest absolute Gasteiger partial charge is 0.241 e. The van der Waals surface area contributed by atoms with E-state index in [4.69, 9.17) is 0 Å². The molecule has 1 amide bonds. The van der Waals surface area contributed by atoms with E-state index in [1.807, 2.05) is 30.3 Å². The van der Waals surface area contributed by atoms with Crippen LogP contribution >= 0.6 is 0 Å². The van der Waals surface area contributed by atoms with E-state index in [0.29, 0.717) is 0 Å². The Morgan fingerprint density at radius 1 is 0.966 bits per heavy atom. The highest BCUT2D eigenvalue weighted by Gasteiger charge is 2.28. The summed E-state index contributed by atoms with van der Waals surface area (Å²) in [6.07, 6.45) is 6.52. The number of rotatable bonds is 7. The molecule has 1 unspecified atom stereocenters. The number of halogens is 1. The first-order valence-electron chi connectivity index (χ1n) is 10.1. The molecule has 0 aromatic heterocycles. The second kappa shape index (κ2) is 9.98. The largest absolute Gasteiger partial charge is 0.352 e. The molecule has 5 nitrogen and oxygen atoms in total. The van der Waals surface area contributed by atoms with E-state index in [0.717, 1.165) is 56.2 Å². The van der Waals surface area contributed by atoms with Gasteiger partial charge in [0.1, 0.15) is 11.9 Å². The summed E-state index contributed by atoms with van der Waals surface area (Å²) in [5.74, 6) is -0.845. The Kier molecular flexibility index (Phi) is 7.39. The van der Waals surface area contributed by atoms with Crippen LogP contribution in [0.25, 0.3) is 0 Å². The Bertz CT molecular complexity index is 893. The SMILES string of the molecule is O=C(NC1CCCCCC1)C(Cc1ccccc1)NS(=O)(=O)c1ccc(F)cc1. The Hall–Kier alpha value is -2.25. The van der Waals surface area contributed by atoms with Crippen molar-refractivity contribution in [2.24, 2.45) is 0 Å². The van der Waals surface area contributed by atoms with E-state index in [9.17, 15) is 17.6 Å². The molecule has 1 atom stereocenters. The van der Waals surface area contributed by atoms with E-state index in [2.05, 4.69) is 10.0 Å². The van der Waals surface area contributed by atoms with Crippen molar-refractivity contribution in [1.82, 2.24) is 10.0 Å². The third-order valence-electron chi connectivity index (χ3n) is 5.22. The van der Waals surface area contributed by atoms with Gasteiger partial charge in [0, 0.05) is 6.04 Å². The first-order chi connectivity index (χ1) is 13.9. The average molecular weight is 419 g/mol. The minimum Gasteiger partial charge on any atom is -0.352 e.